The van der Waals surface area contributed by atoms with Gasteiger partial charge in [0.1, 0.15) is 6.54 Å². The Bertz CT molecular complexity index is 964. The number of benzene rings is 1. The number of nitrogens with zero attached hydrogens (tertiary/aromatic N) is 1. The minimum atomic E-state index is -4.98. The van der Waals surface area contributed by atoms with Gasteiger partial charge in [0, 0.05) is 26.4 Å². The third-order valence-electron chi connectivity index (χ3n) is 3.70. The molecule has 0 saturated carbocycles. The number of fused-ring (bicyclic) bond motifs is 1. The van der Waals surface area contributed by atoms with Crippen molar-refractivity contribution in [2.75, 3.05) is 0 Å². The molecule has 0 unspecified atom stereocenters. The predicted molar refractivity (Wildman–Crippen MR) is 96.2 cm³/mol. The van der Waals surface area contributed by atoms with E-state index in [-0.39, 0.29) is 17.8 Å². The van der Waals surface area contributed by atoms with Gasteiger partial charge in [0.05, 0.1) is 12.1 Å². The SMILES string of the molecule is O=C(Cn1cc(C(=O)C(F)(F)F)c2cc(Br)ccc21)NCc1cccs1. The van der Waals surface area contributed by atoms with Crippen molar-refractivity contribution < 1.29 is 22.8 Å². The lowest BCUT2D eigenvalue weighted by atomic mass is 10.1. The van der Waals surface area contributed by atoms with Crippen molar-refractivity contribution in [3.05, 3.63) is 56.8 Å². The number of thiophene rings is 1. The number of alkyl halides is 3. The lowest BCUT2D eigenvalue weighted by Crippen LogP contribution is -2.26. The van der Waals surface area contributed by atoms with E-state index in [2.05, 4.69) is 21.2 Å². The zero-order valence-electron chi connectivity index (χ0n) is 13.1. The van der Waals surface area contributed by atoms with Gasteiger partial charge in [-0.1, -0.05) is 22.0 Å². The highest BCUT2D eigenvalue weighted by molar-refractivity contribution is 9.10. The number of nitrogens with one attached hydrogen (secondary N) is 1. The number of rotatable bonds is 5. The molecule has 136 valence electrons. The third-order valence-corrected chi connectivity index (χ3v) is 5.07. The molecule has 0 atom stereocenters. The average Bonchev–Trinajstić information content (AvgIpc) is 3.19. The van der Waals surface area contributed by atoms with Gasteiger partial charge in [-0.15, -0.1) is 11.3 Å². The summed E-state index contributed by atoms with van der Waals surface area (Å²) in [5, 5.41) is 4.74. The minimum absolute atomic E-state index is 0.146. The topological polar surface area (TPSA) is 51.1 Å². The van der Waals surface area contributed by atoms with Gasteiger partial charge in [0.2, 0.25) is 5.91 Å². The van der Waals surface area contributed by atoms with Crippen molar-refractivity contribution in [2.45, 2.75) is 19.3 Å². The van der Waals surface area contributed by atoms with Crippen molar-refractivity contribution >= 4 is 49.9 Å². The Kier molecular flexibility index (Phi) is 5.19. The number of hydrogen-bond acceptors (Lipinski definition) is 3. The molecule has 2 aromatic heterocycles. The van der Waals surface area contributed by atoms with Crippen LogP contribution in [-0.4, -0.2) is 22.4 Å². The third kappa shape index (κ3) is 3.99. The number of hydrogen-bond donors (Lipinski definition) is 1. The summed E-state index contributed by atoms with van der Waals surface area (Å²) < 4.78 is 40.5. The molecule has 2 heterocycles. The summed E-state index contributed by atoms with van der Waals surface area (Å²) in [6.45, 7) is 0.157. The Morgan fingerprint density at radius 2 is 2.00 bits per heavy atom. The number of halogens is 4. The van der Waals surface area contributed by atoms with E-state index in [1.54, 1.807) is 12.1 Å². The molecule has 0 radical (unpaired) electrons. The zero-order valence-corrected chi connectivity index (χ0v) is 15.5. The number of Topliss-reactive ketones (excluding diaryl/α,β-unsaturated/α-hetero) is 1. The van der Waals surface area contributed by atoms with E-state index in [1.165, 1.54) is 22.0 Å². The number of ketones is 1. The molecule has 0 aliphatic carbocycles. The summed E-state index contributed by atoms with van der Waals surface area (Å²) in [7, 11) is 0. The molecule has 4 nitrogen and oxygen atoms in total. The first-order valence-corrected chi connectivity index (χ1v) is 9.12. The summed E-state index contributed by atoms with van der Waals surface area (Å²) in [6, 6.07) is 8.38. The highest BCUT2D eigenvalue weighted by Gasteiger charge is 2.40. The van der Waals surface area contributed by atoms with Crippen LogP contribution in [0.1, 0.15) is 15.2 Å². The van der Waals surface area contributed by atoms with Crippen LogP contribution in [0.2, 0.25) is 0 Å². The standard InChI is InChI=1S/C17H12BrF3N2O2S/c18-10-3-4-14-12(6-10)13(16(25)17(19,20)21)8-23(14)9-15(24)22-7-11-2-1-5-26-11/h1-6,8H,7,9H2,(H,22,24). The number of aromatic nitrogens is 1. The van der Waals surface area contributed by atoms with Gasteiger partial charge in [-0.3, -0.25) is 9.59 Å². The Balaban J connectivity index is 1.88. The highest BCUT2D eigenvalue weighted by atomic mass is 79.9. The average molecular weight is 445 g/mol. The van der Waals surface area contributed by atoms with Crippen molar-refractivity contribution in [3.63, 3.8) is 0 Å². The van der Waals surface area contributed by atoms with Gasteiger partial charge in [-0.2, -0.15) is 13.2 Å². The van der Waals surface area contributed by atoms with E-state index in [0.717, 1.165) is 11.1 Å². The maximum absolute atomic E-state index is 12.9. The van der Waals surface area contributed by atoms with Crippen molar-refractivity contribution in [3.8, 4) is 0 Å². The zero-order chi connectivity index (χ0) is 18.9. The molecular weight excluding hydrogens is 433 g/mol. The molecule has 26 heavy (non-hydrogen) atoms. The first-order valence-electron chi connectivity index (χ1n) is 7.44. The number of carbonyl (C=O) groups excluding carboxylic acids is 2. The lowest BCUT2D eigenvalue weighted by Gasteiger charge is -2.06. The molecule has 1 aromatic carbocycles. The summed E-state index contributed by atoms with van der Waals surface area (Å²) in [4.78, 5) is 24.8. The van der Waals surface area contributed by atoms with E-state index in [0.29, 0.717) is 16.5 Å². The van der Waals surface area contributed by atoms with Crippen LogP contribution in [0.25, 0.3) is 10.9 Å². The van der Waals surface area contributed by atoms with E-state index < -0.39 is 17.5 Å². The minimum Gasteiger partial charge on any atom is -0.350 e. The lowest BCUT2D eigenvalue weighted by molar-refractivity contribution is -0.121. The van der Waals surface area contributed by atoms with Crippen LogP contribution in [0.4, 0.5) is 13.2 Å². The Morgan fingerprint density at radius 3 is 2.65 bits per heavy atom. The van der Waals surface area contributed by atoms with Crippen molar-refractivity contribution in [2.24, 2.45) is 0 Å². The molecular formula is C17H12BrF3N2O2S. The fourth-order valence-corrected chi connectivity index (χ4v) is 3.55. The molecule has 0 fully saturated rings. The molecule has 0 spiro atoms. The molecule has 1 amide bonds. The molecule has 1 N–H and O–H groups in total. The first-order chi connectivity index (χ1) is 12.3. The largest absolute Gasteiger partial charge is 0.454 e. The maximum atomic E-state index is 12.9. The first kappa shape index (κ1) is 18.7. The van der Waals surface area contributed by atoms with Gasteiger partial charge in [-0.05, 0) is 29.6 Å². The molecule has 9 heteroatoms. The second-order valence-electron chi connectivity index (χ2n) is 5.52. The fraction of sp³-hybridized carbons (Fsp3) is 0.176. The van der Waals surface area contributed by atoms with Gasteiger partial charge in [0.25, 0.3) is 5.78 Å². The number of carbonyl (C=O) groups is 2. The number of amides is 1. The van der Waals surface area contributed by atoms with E-state index >= 15 is 0 Å². The second-order valence-corrected chi connectivity index (χ2v) is 7.46. The summed E-state index contributed by atoms with van der Waals surface area (Å²) in [6.07, 6.45) is -3.90. The van der Waals surface area contributed by atoms with Crippen molar-refractivity contribution in [1.82, 2.24) is 9.88 Å². The van der Waals surface area contributed by atoms with E-state index in [4.69, 9.17) is 0 Å². The van der Waals surface area contributed by atoms with Gasteiger partial charge in [-0.25, -0.2) is 0 Å². The van der Waals surface area contributed by atoms with E-state index in [1.807, 2.05) is 17.5 Å². The molecule has 3 aromatic rings. The van der Waals surface area contributed by atoms with Gasteiger partial charge in [0.15, 0.2) is 0 Å². The summed E-state index contributed by atoms with van der Waals surface area (Å²) >= 11 is 4.68. The van der Waals surface area contributed by atoms with Crippen molar-refractivity contribution in [1.29, 1.82) is 0 Å². The maximum Gasteiger partial charge on any atom is 0.454 e. The smallest absolute Gasteiger partial charge is 0.350 e. The molecule has 0 aliphatic rings. The van der Waals surface area contributed by atoms with Crippen LogP contribution in [-0.2, 0) is 17.9 Å². The fourth-order valence-electron chi connectivity index (χ4n) is 2.54. The quantitative estimate of drug-likeness (QED) is 0.587. The van der Waals surface area contributed by atoms with E-state index in [9.17, 15) is 22.8 Å². The predicted octanol–water partition coefficient (Wildman–Crippen LogP) is 4.53. The Hall–Kier alpha value is -2.13. The molecule has 0 aliphatic heterocycles. The normalized spacial score (nSPS) is 11.7. The van der Waals surface area contributed by atoms with Gasteiger partial charge >= 0.3 is 6.18 Å². The molecule has 0 saturated heterocycles. The molecule has 3 rings (SSSR count). The van der Waals surface area contributed by atoms with Crippen LogP contribution in [0.15, 0.2) is 46.4 Å². The highest BCUT2D eigenvalue weighted by Crippen LogP contribution is 2.30. The summed E-state index contributed by atoms with van der Waals surface area (Å²) in [5.74, 6) is -2.29. The van der Waals surface area contributed by atoms with Crippen LogP contribution in [0.3, 0.4) is 0 Å². The Morgan fingerprint density at radius 1 is 1.23 bits per heavy atom. The van der Waals surface area contributed by atoms with Gasteiger partial charge < -0.3 is 9.88 Å². The monoisotopic (exact) mass is 444 g/mol. The molecule has 0 bridgehead atoms. The Labute approximate surface area is 158 Å². The van der Waals surface area contributed by atoms with Crippen LogP contribution in [0, 0.1) is 0 Å². The van der Waals surface area contributed by atoms with Crippen LogP contribution in [0.5, 0.6) is 0 Å². The summed E-state index contributed by atoms with van der Waals surface area (Å²) in [5.41, 5.74) is -0.0908. The van der Waals surface area contributed by atoms with Crippen LogP contribution < -0.4 is 5.32 Å². The second kappa shape index (κ2) is 7.24. The van der Waals surface area contributed by atoms with Crippen LogP contribution >= 0.6 is 27.3 Å².